The molecule has 3 aromatic carbocycles. The lowest BCUT2D eigenvalue weighted by atomic mass is 10.1. The number of rotatable bonds is 8. The van der Waals surface area contributed by atoms with Crippen LogP contribution in [0.15, 0.2) is 72.8 Å². The Morgan fingerprint density at radius 1 is 1.00 bits per heavy atom. The topological polar surface area (TPSA) is 67.4 Å². The van der Waals surface area contributed by atoms with Crippen molar-refractivity contribution in [1.29, 1.82) is 0 Å². The normalized spacial score (nSPS) is 13.8. The lowest BCUT2D eigenvalue weighted by Crippen LogP contribution is -2.26. The fourth-order valence-electron chi connectivity index (χ4n) is 3.50. The molecule has 164 valence electrons. The number of nitrogens with one attached hydrogen (secondary N) is 2. The molecule has 2 amide bonds. The van der Waals surface area contributed by atoms with E-state index in [4.69, 9.17) is 4.74 Å². The zero-order valence-corrected chi connectivity index (χ0v) is 18.4. The Kier molecular flexibility index (Phi) is 6.55. The van der Waals surface area contributed by atoms with E-state index in [-0.39, 0.29) is 23.8 Å². The van der Waals surface area contributed by atoms with Crippen LogP contribution in [-0.4, -0.2) is 11.8 Å². The van der Waals surface area contributed by atoms with Crippen molar-refractivity contribution >= 4 is 17.5 Å². The highest BCUT2D eigenvalue weighted by Crippen LogP contribution is 2.30. The Hall–Kier alpha value is -3.60. The first-order chi connectivity index (χ1) is 15.5. The van der Waals surface area contributed by atoms with Gasteiger partial charge in [0.2, 0.25) is 5.91 Å². The van der Waals surface area contributed by atoms with Gasteiger partial charge in [-0.3, -0.25) is 9.59 Å². The summed E-state index contributed by atoms with van der Waals surface area (Å²) < 4.78 is 5.88. The molecule has 2 N–H and O–H groups in total. The first-order valence-electron chi connectivity index (χ1n) is 11.0. The molecular formula is C27H28N2O3. The minimum atomic E-state index is -0.174. The molecule has 5 nitrogen and oxygen atoms in total. The zero-order valence-electron chi connectivity index (χ0n) is 18.4. The highest BCUT2D eigenvalue weighted by molar-refractivity contribution is 5.95. The van der Waals surface area contributed by atoms with Gasteiger partial charge in [0.05, 0.1) is 6.04 Å². The van der Waals surface area contributed by atoms with Gasteiger partial charge in [-0.2, -0.15) is 0 Å². The second-order valence-corrected chi connectivity index (χ2v) is 8.39. The van der Waals surface area contributed by atoms with Crippen LogP contribution < -0.4 is 15.4 Å². The quantitative estimate of drug-likeness (QED) is 0.504. The van der Waals surface area contributed by atoms with Crippen LogP contribution in [0, 0.1) is 12.8 Å². The van der Waals surface area contributed by atoms with Crippen molar-refractivity contribution in [3.05, 3.63) is 95.1 Å². The predicted molar refractivity (Wildman–Crippen MR) is 126 cm³/mol. The Morgan fingerprint density at radius 3 is 2.47 bits per heavy atom. The summed E-state index contributed by atoms with van der Waals surface area (Å²) in [6.07, 6.45) is 1.95. The summed E-state index contributed by atoms with van der Waals surface area (Å²) in [7, 11) is 0. The summed E-state index contributed by atoms with van der Waals surface area (Å²) in [4.78, 5) is 24.7. The van der Waals surface area contributed by atoms with Gasteiger partial charge in [-0.15, -0.1) is 0 Å². The standard InChI is InChI=1S/C27H28N2O3/c1-18-5-3-6-20(15-18)17-32-25-8-4-7-23(16-25)27(31)28-19(2)21-11-13-24(14-12-21)29-26(30)22-9-10-22/h3-8,11-16,19,22H,9-10,17H2,1-2H3,(H,28,31)(H,29,30). The molecule has 0 spiro atoms. The first-order valence-corrected chi connectivity index (χ1v) is 11.0. The van der Waals surface area contributed by atoms with E-state index in [0.29, 0.717) is 17.9 Å². The zero-order chi connectivity index (χ0) is 22.5. The molecule has 1 aliphatic rings. The van der Waals surface area contributed by atoms with E-state index >= 15 is 0 Å². The third-order valence-electron chi connectivity index (χ3n) is 5.56. The molecule has 4 rings (SSSR count). The molecule has 1 saturated carbocycles. The van der Waals surface area contributed by atoms with E-state index in [9.17, 15) is 9.59 Å². The van der Waals surface area contributed by atoms with E-state index in [1.807, 2.05) is 68.4 Å². The van der Waals surface area contributed by atoms with E-state index < -0.39 is 0 Å². The number of carbonyl (C=O) groups excluding carboxylic acids is 2. The lowest BCUT2D eigenvalue weighted by Gasteiger charge is -2.16. The fourth-order valence-corrected chi connectivity index (χ4v) is 3.50. The predicted octanol–water partition coefficient (Wildman–Crippen LogP) is 5.41. The number of hydrogen-bond acceptors (Lipinski definition) is 3. The number of amides is 2. The molecule has 1 aliphatic carbocycles. The van der Waals surface area contributed by atoms with Gasteiger partial charge in [-0.25, -0.2) is 0 Å². The van der Waals surface area contributed by atoms with Gasteiger partial charge in [-0.1, -0.05) is 48.0 Å². The number of hydrogen-bond donors (Lipinski definition) is 2. The van der Waals surface area contributed by atoms with Crippen LogP contribution in [0.4, 0.5) is 5.69 Å². The van der Waals surface area contributed by atoms with Gasteiger partial charge in [0.1, 0.15) is 12.4 Å². The maximum Gasteiger partial charge on any atom is 0.251 e. The number of anilines is 1. The monoisotopic (exact) mass is 428 g/mol. The maximum absolute atomic E-state index is 12.8. The molecule has 3 aromatic rings. The Morgan fingerprint density at radius 2 is 1.75 bits per heavy atom. The molecule has 0 saturated heterocycles. The summed E-state index contributed by atoms with van der Waals surface area (Å²) in [6.45, 7) is 4.44. The smallest absolute Gasteiger partial charge is 0.251 e. The van der Waals surface area contributed by atoms with Crippen LogP contribution >= 0.6 is 0 Å². The van der Waals surface area contributed by atoms with Crippen molar-refractivity contribution < 1.29 is 14.3 Å². The molecule has 0 radical (unpaired) electrons. The number of benzene rings is 3. The Balaban J connectivity index is 1.33. The summed E-state index contributed by atoms with van der Waals surface area (Å²) >= 11 is 0. The molecule has 1 atom stereocenters. The number of aryl methyl sites for hydroxylation is 1. The van der Waals surface area contributed by atoms with Crippen LogP contribution in [0.25, 0.3) is 0 Å². The lowest BCUT2D eigenvalue weighted by molar-refractivity contribution is -0.117. The molecule has 0 aromatic heterocycles. The molecule has 0 bridgehead atoms. The molecule has 5 heteroatoms. The SMILES string of the molecule is Cc1cccc(COc2cccc(C(=O)NC(C)c3ccc(NC(=O)C4CC4)cc3)c2)c1. The van der Waals surface area contributed by atoms with Gasteiger partial charge in [0, 0.05) is 17.2 Å². The number of carbonyl (C=O) groups is 2. The van der Waals surface area contributed by atoms with Crippen molar-refractivity contribution in [2.24, 2.45) is 5.92 Å². The van der Waals surface area contributed by atoms with Crippen molar-refractivity contribution in [1.82, 2.24) is 5.32 Å². The van der Waals surface area contributed by atoms with Crippen LogP contribution in [0.5, 0.6) is 5.75 Å². The second kappa shape index (κ2) is 9.69. The van der Waals surface area contributed by atoms with Gasteiger partial charge in [-0.05, 0) is 68.1 Å². The molecule has 0 heterocycles. The van der Waals surface area contributed by atoms with Crippen molar-refractivity contribution in [2.75, 3.05) is 5.32 Å². The number of ether oxygens (including phenoxy) is 1. The third-order valence-corrected chi connectivity index (χ3v) is 5.56. The summed E-state index contributed by atoms with van der Waals surface area (Å²) in [5.74, 6) is 0.750. The van der Waals surface area contributed by atoms with Crippen LogP contribution in [0.3, 0.4) is 0 Å². The van der Waals surface area contributed by atoms with Crippen LogP contribution in [-0.2, 0) is 11.4 Å². The first kappa shape index (κ1) is 21.6. The van der Waals surface area contributed by atoms with Gasteiger partial charge < -0.3 is 15.4 Å². The second-order valence-electron chi connectivity index (χ2n) is 8.39. The largest absolute Gasteiger partial charge is 0.489 e. The Labute approximate surface area is 188 Å². The van der Waals surface area contributed by atoms with Gasteiger partial charge in [0.15, 0.2) is 0 Å². The van der Waals surface area contributed by atoms with E-state index in [0.717, 1.165) is 29.7 Å². The molecule has 1 fully saturated rings. The van der Waals surface area contributed by atoms with E-state index in [2.05, 4.69) is 16.7 Å². The fraction of sp³-hybridized carbons (Fsp3) is 0.259. The Bertz CT molecular complexity index is 1100. The van der Waals surface area contributed by atoms with Crippen LogP contribution in [0.1, 0.15) is 52.9 Å². The molecule has 0 aliphatic heterocycles. The average Bonchev–Trinajstić information content (AvgIpc) is 3.64. The van der Waals surface area contributed by atoms with Crippen LogP contribution in [0.2, 0.25) is 0 Å². The molecule has 1 unspecified atom stereocenters. The highest BCUT2D eigenvalue weighted by Gasteiger charge is 2.29. The average molecular weight is 429 g/mol. The summed E-state index contributed by atoms with van der Waals surface area (Å²) in [5.41, 5.74) is 4.57. The molecule has 32 heavy (non-hydrogen) atoms. The summed E-state index contributed by atoms with van der Waals surface area (Å²) in [5, 5.41) is 5.96. The minimum Gasteiger partial charge on any atom is -0.489 e. The van der Waals surface area contributed by atoms with Crippen molar-refractivity contribution in [2.45, 2.75) is 39.3 Å². The van der Waals surface area contributed by atoms with Gasteiger partial charge >= 0.3 is 0 Å². The van der Waals surface area contributed by atoms with Gasteiger partial charge in [0.25, 0.3) is 5.91 Å². The minimum absolute atomic E-state index is 0.0867. The van der Waals surface area contributed by atoms with E-state index in [1.54, 1.807) is 12.1 Å². The summed E-state index contributed by atoms with van der Waals surface area (Å²) in [6, 6.07) is 22.8. The van der Waals surface area contributed by atoms with Crippen molar-refractivity contribution in [3.8, 4) is 5.75 Å². The molecular weight excluding hydrogens is 400 g/mol. The van der Waals surface area contributed by atoms with E-state index in [1.165, 1.54) is 5.56 Å². The maximum atomic E-state index is 12.8. The van der Waals surface area contributed by atoms with Crippen molar-refractivity contribution in [3.63, 3.8) is 0 Å². The highest BCUT2D eigenvalue weighted by atomic mass is 16.5. The third kappa shape index (κ3) is 5.76.